The molecule has 2 N–H and O–H groups in total. The van der Waals surface area contributed by atoms with Crippen LogP contribution in [0.5, 0.6) is 11.5 Å². The summed E-state index contributed by atoms with van der Waals surface area (Å²) in [7, 11) is 1.67. The summed E-state index contributed by atoms with van der Waals surface area (Å²) < 4.78 is 16.7. The van der Waals surface area contributed by atoms with Gasteiger partial charge in [-0.1, -0.05) is 6.07 Å². The summed E-state index contributed by atoms with van der Waals surface area (Å²) in [4.78, 5) is 2.21. The average Bonchev–Trinajstić information content (AvgIpc) is 3.62. The Morgan fingerprint density at radius 3 is 2.50 bits per heavy atom. The fourth-order valence-electron chi connectivity index (χ4n) is 4.13. The van der Waals surface area contributed by atoms with Crippen LogP contribution in [0, 0.1) is 11.8 Å². The quantitative estimate of drug-likeness (QED) is 0.603. The fourth-order valence-corrected chi connectivity index (χ4v) is 4.13. The van der Waals surface area contributed by atoms with Crippen LogP contribution >= 0.6 is 0 Å². The normalized spacial score (nSPS) is 21.7. The number of nitrogens with zero attached hydrogens (tertiary/aromatic N) is 1. The summed E-state index contributed by atoms with van der Waals surface area (Å²) >= 11 is 0. The van der Waals surface area contributed by atoms with Gasteiger partial charge in [0.25, 0.3) is 0 Å². The van der Waals surface area contributed by atoms with Crippen molar-refractivity contribution in [3.63, 3.8) is 0 Å². The van der Waals surface area contributed by atoms with Crippen LogP contribution in [0.2, 0.25) is 0 Å². The monoisotopic (exact) mass is 390 g/mol. The first-order valence-electron chi connectivity index (χ1n) is 10.7. The van der Waals surface area contributed by atoms with E-state index in [-0.39, 0.29) is 6.61 Å². The Kier molecular flexibility index (Phi) is 6.73. The zero-order chi connectivity index (χ0) is 19.3. The maximum Gasteiger partial charge on any atom is 0.161 e. The molecule has 156 valence electrons. The van der Waals surface area contributed by atoms with Crippen LogP contribution in [0.25, 0.3) is 0 Å². The van der Waals surface area contributed by atoms with Gasteiger partial charge in [-0.05, 0) is 55.2 Å². The Balaban J connectivity index is 1.26. The summed E-state index contributed by atoms with van der Waals surface area (Å²) in [5.41, 5.74) is 1.21. The Hall–Kier alpha value is -1.34. The third kappa shape index (κ3) is 5.60. The molecule has 0 aromatic heterocycles. The highest BCUT2D eigenvalue weighted by molar-refractivity contribution is 5.43. The van der Waals surface area contributed by atoms with Gasteiger partial charge in [0, 0.05) is 32.2 Å². The highest BCUT2D eigenvalue weighted by atomic mass is 16.5. The molecule has 0 amide bonds. The molecule has 1 saturated heterocycles. The van der Waals surface area contributed by atoms with E-state index in [4.69, 9.17) is 14.2 Å². The number of nitrogens with one attached hydrogen (secondary N) is 1. The lowest BCUT2D eigenvalue weighted by Crippen LogP contribution is -2.42. The fraction of sp³-hybridized carbons (Fsp3) is 0.727. The first-order valence-corrected chi connectivity index (χ1v) is 10.7. The molecule has 4 rings (SSSR count). The smallest absolute Gasteiger partial charge is 0.161 e. The summed E-state index contributed by atoms with van der Waals surface area (Å²) in [5.74, 6) is 3.20. The Morgan fingerprint density at radius 1 is 1.14 bits per heavy atom. The molecule has 0 unspecified atom stereocenters. The number of aliphatic hydroxyl groups excluding tert-OH is 1. The SMILES string of the molecule is COc1cc(CNC(C2CC2)C2CC2)ccc1OC[C@@H](O)CN1CCOCC1. The predicted molar refractivity (Wildman–Crippen MR) is 108 cm³/mol. The van der Waals surface area contributed by atoms with Crippen LogP contribution in [0.1, 0.15) is 31.2 Å². The summed E-state index contributed by atoms with van der Waals surface area (Å²) in [5, 5.41) is 14.1. The number of rotatable bonds is 11. The Labute approximate surface area is 168 Å². The molecule has 3 aliphatic rings. The molecule has 1 aromatic rings. The first kappa shape index (κ1) is 20.0. The number of ether oxygens (including phenoxy) is 3. The Bertz CT molecular complexity index is 615. The topological polar surface area (TPSA) is 63.2 Å². The van der Waals surface area contributed by atoms with Crippen molar-refractivity contribution in [2.75, 3.05) is 46.6 Å². The first-order chi connectivity index (χ1) is 13.7. The number of methoxy groups -OCH3 is 1. The molecule has 2 saturated carbocycles. The molecule has 1 aromatic carbocycles. The van der Waals surface area contributed by atoms with Gasteiger partial charge in [-0.2, -0.15) is 0 Å². The third-order valence-corrected chi connectivity index (χ3v) is 6.03. The minimum Gasteiger partial charge on any atom is -0.493 e. The molecular weight excluding hydrogens is 356 g/mol. The maximum absolute atomic E-state index is 10.3. The van der Waals surface area contributed by atoms with Crippen LogP contribution in [0.15, 0.2) is 18.2 Å². The second-order valence-electron chi connectivity index (χ2n) is 8.44. The van der Waals surface area contributed by atoms with Gasteiger partial charge in [0.15, 0.2) is 11.5 Å². The molecule has 0 spiro atoms. The van der Waals surface area contributed by atoms with E-state index < -0.39 is 6.10 Å². The van der Waals surface area contributed by atoms with Gasteiger partial charge in [0.2, 0.25) is 0 Å². The number of β-amino-alcohol motifs (C(OH)–C–C–N with tert-alkyl or cyclic N) is 1. The minimum atomic E-state index is -0.526. The number of benzene rings is 1. The van der Waals surface area contributed by atoms with Crippen molar-refractivity contribution in [1.82, 2.24) is 10.2 Å². The van der Waals surface area contributed by atoms with E-state index in [9.17, 15) is 5.11 Å². The third-order valence-electron chi connectivity index (χ3n) is 6.03. The lowest BCUT2D eigenvalue weighted by Gasteiger charge is -2.28. The molecule has 0 bridgehead atoms. The number of hydrogen-bond acceptors (Lipinski definition) is 6. The van der Waals surface area contributed by atoms with Gasteiger partial charge >= 0.3 is 0 Å². The minimum absolute atomic E-state index is 0.261. The van der Waals surface area contributed by atoms with Crippen molar-refractivity contribution in [3.05, 3.63) is 23.8 Å². The van der Waals surface area contributed by atoms with Crippen molar-refractivity contribution in [1.29, 1.82) is 0 Å². The van der Waals surface area contributed by atoms with Crippen LogP contribution in [0.3, 0.4) is 0 Å². The van der Waals surface area contributed by atoms with Gasteiger partial charge in [-0.3, -0.25) is 4.90 Å². The van der Waals surface area contributed by atoms with Crippen LogP contribution in [-0.4, -0.2) is 68.7 Å². The van der Waals surface area contributed by atoms with E-state index in [0.29, 0.717) is 18.3 Å². The van der Waals surface area contributed by atoms with E-state index in [1.165, 1.54) is 31.2 Å². The molecule has 6 heteroatoms. The zero-order valence-corrected chi connectivity index (χ0v) is 16.9. The highest BCUT2D eigenvalue weighted by Crippen LogP contribution is 2.44. The van der Waals surface area contributed by atoms with Crippen LogP contribution in [-0.2, 0) is 11.3 Å². The molecule has 28 heavy (non-hydrogen) atoms. The molecule has 1 atom stereocenters. The van der Waals surface area contributed by atoms with E-state index in [1.807, 2.05) is 12.1 Å². The van der Waals surface area contributed by atoms with Gasteiger partial charge in [-0.15, -0.1) is 0 Å². The van der Waals surface area contributed by atoms with Crippen LogP contribution in [0.4, 0.5) is 0 Å². The average molecular weight is 391 g/mol. The molecule has 1 aliphatic heterocycles. The van der Waals surface area contributed by atoms with Crippen molar-refractivity contribution < 1.29 is 19.3 Å². The number of hydrogen-bond donors (Lipinski definition) is 2. The van der Waals surface area contributed by atoms with Crippen molar-refractivity contribution in [3.8, 4) is 11.5 Å². The van der Waals surface area contributed by atoms with E-state index in [2.05, 4.69) is 16.3 Å². The molecule has 6 nitrogen and oxygen atoms in total. The molecular formula is C22H34N2O4. The second-order valence-corrected chi connectivity index (χ2v) is 8.44. The van der Waals surface area contributed by atoms with E-state index >= 15 is 0 Å². The highest BCUT2D eigenvalue weighted by Gasteiger charge is 2.40. The molecule has 1 heterocycles. The van der Waals surface area contributed by atoms with Gasteiger partial charge in [-0.25, -0.2) is 0 Å². The standard InChI is InChI=1S/C22H34N2O4/c1-26-21-12-16(13-23-22(17-3-4-17)18-5-6-18)2-7-20(21)28-15-19(25)14-24-8-10-27-11-9-24/h2,7,12,17-19,22-23,25H,3-6,8-11,13-15H2,1H3/t19-/m0/s1. The number of aliphatic hydroxyl groups is 1. The zero-order valence-electron chi connectivity index (χ0n) is 16.9. The summed E-state index contributed by atoms with van der Waals surface area (Å²) in [6.45, 7) is 4.94. The van der Waals surface area contributed by atoms with Gasteiger partial charge < -0.3 is 24.6 Å². The Morgan fingerprint density at radius 2 is 1.86 bits per heavy atom. The van der Waals surface area contributed by atoms with Crippen molar-refractivity contribution >= 4 is 0 Å². The molecule has 0 radical (unpaired) electrons. The summed E-state index contributed by atoms with van der Waals surface area (Å²) in [6, 6.07) is 6.79. The lowest BCUT2D eigenvalue weighted by molar-refractivity contribution is 0.00445. The van der Waals surface area contributed by atoms with Crippen molar-refractivity contribution in [2.24, 2.45) is 11.8 Å². The lowest BCUT2D eigenvalue weighted by atomic mass is 10.1. The molecule has 3 fully saturated rings. The van der Waals surface area contributed by atoms with Gasteiger partial charge in [0.05, 0.1) is 20.3 Å². The van der Waals surface area contributed by atoms with Crippen LogP contribution < -0.4 is 14.8 Å². The van der Waals surface area contributed by atoms with Gasteiger partial charge in [0.1, 0.15) is 12.7 Å². The molecule has 2 aliphatic carbocycles. The second kappa shape index (κ2) is 9.44. The number of morpholine rings is 1. The van der Waals surface area contributed by atoms with E-state index in [1.54, 1.807) is 7.11 Å². The van der Waals surface area contributed by atoms with Crippen molar-refractivity contribution in [2.45, 2.75) is 44.4 Å². The predicted octanol–water partition coefficient (Wildman–Crippen LogP) is 2.05. The summed E-state index contributed by atoms with van der Waals surface area (Å²) in [6.07, 6.45) is 5.02. The van der Waals surface area contributed by atoms with E-state index in [0.717, 1.165) is 50.4 Å². The largest absolute Gasteiger partial charge is 0.493 e. The maximum atomic E-state index is 10.3.